The Morgan fingerprint density at radius 2 is 1.81 bits per heavy atom. The third kappa shape index (κ3) is 3.52. The first-order chi connectivity index (χ1) is 12.9. The van der Waals surface area contributed by atoms with Gasteiger partial charge < -0.3 is 24.3 Å². The van der Waals surface area contributed by atoms with Crippen molar-refractivity contribution in [3.63, 3.8) is 0 Å². The first-order valence-electron chi connectivity index (χ1n) is 9.03. The van der Waals surface area contributed by atoms with Crippen LogP contribution < -0.4 is 24.3 Å². The fourth-order valence-corrected chi connectivity index (χ4v) is 3.51. The number of methoxy groups -OCH3 is 1. The molecule has 6 heteroatoms. The number of fused-ring (bicyclic) bond motifs is 2. The third-order valence-corrected chi connectivity index (χ3v) is 4.78. The predicted molar refractivity (Wildman–Crippen MR) is 100.0 cm³/mol. The first kappa shape index (κ1) is 17.5. The Bertz CT molecular complexity index is 877. The summed E-state index contributed by atoms with van der Waals surface area (Å²) in [6.07, 6.45) is 0.656. The minimum atomic E-state index is -0.383. The quantitative estimate of drug-likeness (QED) is 0.897. The van der Waals surface area contributed by atoms with Crippen molar-refractivity contribution >= 4 is 5.91 Å². The van der Waals surface area contributed by atoms with Crippen LogP contribution in [0.15, 0.2) is 36.4 Å². The Labute approximate surface area is 158 Å². The van der Waals surface area contributed by atoms with E-state index >= 15 is 0 Å². The molecule has 1 atom stereocenters. The molecule has 2 aliphatic heterocycles. The molecular weight excluding hydrogens is 346 g/mol. The number of ether oxygens (including phenoxy) is 4. The zero-order valence-electron chi connectivity index (χ0n) is 15.7. The standard InChI is InChI=1S/C21H23NO5/c1-21(2)12-16(15-11-14(24-3)5-7-17(15)27-21)22-20(23)13-4-6-18-19(10-13)26-9-8-25-18/h4-7,10-11,16H,8-9,12H2,1-3H3,(H,22,23)/t16-/m1/s1. The molecule has 2 aromatic carbocycles. The van der Waals surface area contributed by atoms with E-state index in [2.05, 4.69) is 5.32 Å². The van der Waals surface area contributed by atoms with Crippen molar-refractivity contribution in [2.45, 2.75) is 31.9 Å². The molecule has 0 unspecified atom stereocenters. The number of rotatable bonds is 3. The second-order valence-corrected chi connectivity index (χ2v) is 7.35. The van der Waals surface area contributed by atoms with E-state index in [1.807, 2.05) is 32.0 Å². The van der Waals surface area contributed by atoms with Crippen molar-refractivity contribution in [2.75, 3.05) is 20.3 Å². The van der Waals surface area contributed by atoms with E-state index in [4.69, 9.17) is 18.9 Å². The van der Waals surface area contributed by atoms with Gasteiger partial charge in [-0.15, -0.1) is 0 Å². The lowest BCUT2D eigenvalue weighted by molar-refractivity contribution is 0.0617. The van der Waals surface area contributed by atoms with Crippen LogP contribution >= 0.6 is 0 Å². The molecule has 0 spiro atoms. The summed E-state index contributed by atoms with van der Waals surface area (Å²) in [5.74, 6) is 2.60. The van der Waals surface area contributed by atoms with Gasteiger partial charge >= 0.3 is 0 Å². The summed E-state index contributed by atoms with van der Waals surface area (Å²) in [6.45, 7) is 5.04. The molecule has 0 bridgehead atoms. The molecule has 0 aromatic heterocycles. The van der Waals surface area contributed by atoms with Crippen molar-refractivity contribution in [2.24, 2.45) is 0 Å². The highest BCUT2D eigenvalue weighted by Crippen LogP contribution is 2.41. The average Bonchev–Trinajstić information content (AvgIpc) is 2.66. The van der Waals surface area contributed by atoms with Gasteiger partial charge in [-0.05, 0) is 50.2 Å². The zero-order chi connectivity index (χ0) is 19.0. The first-order valence-corrected chi connectivity index (χ1v) is 9.03. The van der Waals surface area contributed by atoms with Gasteiger partial charge in [0.05, 0.1) is 13.2 Å². The van der Waals surface area contributed by atoms with Gasteiger partial charge in [-0.3, -0.25) is 4.79 Å². The van der Waals surface area contributed by atoms with E-state index in [-0.39, 0.29) is 17.6 Å². The fourth-order valence-electron chi connectivity index (χ4n) is 3.51. The van der Waals surface area contributed by atoms with E-state index in [1.54, 1.807) is 25.3 Å². The van der Waals surface area contributed by atoms with Gasteiger partial charge in [-0.25, -0.2) is 0 Å². The molecule has 6 nitrogen and oxygen atoms in total. The molecule has 0 saturated carbocycles. The fraction of sp³-hybridized carbons (Fsp3) is 0.381. The van der Waals surface area contributed by atoms with Gasteiger partial charge in [0.15, 0.2) is 11.5 Å². The molecule has 0 saturated heterocycles. The van der Waals surface area contributed by atoms with Gasteiger partial charge in [-0.2, -0.15) is 0 Å². The second-order valence-electron chi connectivity index (χ2n) is 7.35. The molecule has 2 aromatic rings. The van der Waals surface area contributed by atoms with Crippen molar-refractivity contribution in [3.05, 3.63) is 47.5 Å². The monoisotopic (exact) mass is 369 g/mol. The van der Waals surface area contributed by atoms with E-state index in [0.717, 1.165) is 17.1 Å². The Kier molecular flexibility index (Phi) is 4.34. The maximum atomic E-state index is 12.9. The Balaban J connectivity index is 1.61. The Morgan fingerprint density at radius 1 is 1.07 bits per heavy atom. The summed E-state index contributed by atoms with van der Waals surface area (Å²) in [4.78, 5) is 12.9. The topological polar surface area (TPSA) is 66.0 Å². The van der Waals surface area contributed by atoms with E-state index < -0.39 is 0 Å². The van der Waals surface area contributed by atoms with Crippen molar-refractivity contribution in [3.8, 4) is 23.0 Å². The predicted octanol–water partition coefficient (Wildman–Crippen LogP) is 3.50. The SMILES string of the molecule is COc1ccc2c(c1)[C@H](NC(=O)c1ccc3c(c1)OCCO3)CC(C)(C)O2. The van der Waals surface area contributed by atoms with Crippen LogP contribution in [0.3, 0.4) is 0 Å². The number of nitrogens with one attached hydrogen (secondary N) is 1. The maximum Gasteiger partial charge on any atom is 0.251 e. The summed E-state index contributed by atoms with van der Waals surface area (Å²) in [5, 5.41) is 3.13. The van der Waals surface area contributed by atoms with Crippen molar-refractivity contribution in [1.82, 2.24) is 5.32 Å². The molecule has 2 aliphatic rings. The van der Waals surface area contributed by atoms with Gasteiger partial charge in [0.1, 0.15) is 30.3 Å². The molecule has 0 radical (unpaired) electrons. The lowest BCUT2D eigenvalue weighted by Crippen LogP contribution is -2.41. The Hall–Kier alpha value is -2.89. The average molecular weight is 369 g/mol. The van der Waals surface area contributed by atoms with Crippen LogP contribution in [0, 0.1) is 0 Å². The summed E-state index contributed by atoms with van der Waals surface area (Å²) in [7, 11) is 1.62. The lowest BCUT2D eigenvalue weighted by atomic mass is 9.89. The molecule has 2 heterocycles. The van der Waals surface area contributed by atoms with Crippen LogP contribution in [-0.4, -0.2) is 31.8 Å². The molecule has 0 aliphatic carbocycles. The maximum absolute atomic E-state index is 12.9. The highest BCUT2D eigenvalue weighted by atomic mass is 16.6. The third-order valence-electron chi connectivity index (χ3n) is 4.78. The van der Waals surface area contributed by atoms with Crippen molar-refractivity contribution in [1.29, 1.82) is 0 Å². The zero-order valence-corrected chi connectivity index (χ0v) is 15.7. The van der Waals surface area contributed by atoms with Crippen LogP contribution in [-0.2, 0) is 0 Å². The van der Waals surface area contributed by atoms with E-state index in [1.165, 1.54) is 0 Å². The number of hydrogen-bond donors (Lipinski definition) is 1. The number of carbonyl (C=O) groups is 1. The summed E-state index contributed by atoms with van der Waals surface area (Å²) >= 11 is 0. The minimum Gasteiger partial charge on any atom is -0.497 e. The van der Waals surface area contributed by atoms with E-state index in [0.29, 0.717) is 36.7 Å². The number of hydrogen-bond acceptors (Lipinski definition) is 5. The van der Waals surface area contributed by atoms with Crippen LogP contribution in [0.5, 0.6) is 23.0 Å². The number of benzene rings is 2. The highest BCUT2D eigenvalue weighted by Gasteiger charge is 2.35. The van der Waals surface area contributed by atoms with Crippen LogP contribution in [0.1, 0.15) is 42.2 Å². The molecule has 142 valence electrons. The molecule has 4 rings (SSSR count). The largest absolute Gasteiger partial charge is 0.497 e. The second kappa shape index (κ2) is 6.68. The summed E-state index contributed by atoms with van der Waals surface area (Å²) in [5.41, 5.74) is 1.07. The molecule has 27 heavy (non-hydrogen) atoms. The lowest BCUT2D eigenvalue weighted by Gasteiger charge is -2.38. The molecular formula is C21H23NO5. The minimum absolute atomic E-state index is 0.163. The van der Waals surface area contributed by atoms with Gasteiger partial charge in [0, 0.05) is 17.5 Å². The van der Waals surface area contributed by atoms with Gasteiger partial charge in [0.25, 0.3) is 5.91 Å². The van der Waals surface area contributed by atoms with Crippen LogP contribution in [0.4, 0.5) is 0 Å². The van der Waals surface area contributed by atoms with Crippen LogP contribution in [0.2, 0.25) is 0 Å². The summed E-state index contributed by atoms with van der Waals surface area (Å²) < 4.78 is 22.5. The number of amides is 1. The Morgan fingerprint density at radius 3 is 2.59 bits per heavy atom. The van der Waals surface area contributed by atoms with Gasteiger partial charge in [0.2, 0.25) is 0 Å². The molecule has 1 N–H and O–H groups in total. The highest BCUT2D eigenvalue weighted by molar-refractivity contribution is 5.95. The normalized spacial score (nSPS) is 19.4. The van der Waals surface area contributed by atoms with E-state index in [9.17, 15) is 4.79 Å². The van der Waals surface area contributed by atoms with Gasteiger partial charge in [-0.1, -0.05) is 0 Å². The summed E-state index contributed by atoms with van der Waals surface area (Å²) in [6, 6.07) is 10.7. The molecule has 0 fully saturated rings. The smallest absolute Gasteiger partial charge is 0.251 e. The van der Waals surface area contributed by atoms with Crippen molar-refractivity contribution < 1.29 is 23.7 Å². The van der Waals surface area contributed by atoms with Crippen LogP contribution in [0.25, 0.3) is 0 Å². The molecule has 1 amide bonds. The number of carbonyl (C=O) groups excluding carboxylic acids is 1.